The molecule has 0 radical (unpaired) electrons. The van der Waals surface area contributed by atoms with Crippen LogP contribution in [0.3, 0.4) is 0 Å². The topological polar surface area (TPSA) is 72.9 Å². The standard InChI is InChI=1S/C24H19NO5/c1-29-20-13-7-8-14-21(20)30-24(28)19(15-16-9-3-2-4-10-16)25-22(26)17-11-5-6-12-18(17)23(25)27/h2-14,19H,15H2,1H3. The Balaban J connectivity index is 1.69. The van der Waals surface area contributed by atoms with Gasteiger partial charge in [0.1, 0.15) is 6.04 Å². The maximum absolute atomic E-state index is 13.2. The van der Waals surface area contributed by atoms with E-state index in [-0.39, 0.29) is 23.3 Å². The van der Waals surface area contributed by atoms with Crippen LogP contribution in [0.5, 0.6) is 11.5 Å². The average Bonchev–Trinajstić information content (AvgIpc) is 3.03. The number of imide groups is 1. The van der Waals surface area contributed by atoms with Crippen LogP contribution < -0.4 is 9.47 Å². The second kappa shape index (κ2) is 8.21. The first-order valence-electron chi connectivity index (χ1n) is 9.45. The molecule has 0 saturated heterocycles. The SMILES string of the molecule is COc1ccccc1OC(=O)C(Cc1ccccc1)N1C(=O)c2ccccc2C1=O. The zero-order valence-corrected chi connectivity index (χ0v) is 16.3. The summed E-state index contributed by atoms with van der Waals surface area (Å²) in [7, 11) is 1.47. The van der Waals surface area contributed by atoms with Crippen LogP contribution in [0, 0.1) is 0 Å². The van der Waals surface area contributed by atoms with Crippen LogP contribution in [0.2, 0.25) is 0 Å². The number of fused-ring (bicyclic) bond motifs is 1. The summed E-state index contributed by atoms with van der Waals surface area (Å²) >= 11 is 0. The van der Waals surface area contributed by atoms with Crippen molar-refractivity contribution in [1.82, 2.24) is 4.90 Å². The molecule has 1 unspecified atom stereocenters. The molecular weight excluding hydrogens is 382 g/mol. The Labute approximate surface area is 173 Å². The summed E-state index contributed by atoms with van der Waals surface area (Å²) in [5, 5.41) is 0. The van der Waals surface area contributed by atoms with Crippen molar-refractivity contribution in [3.8, 4) is 11.5 Å². The molecule has 0 N–H and O–H groups in total. The lowest BCUT2D eigenvalue weighted by Crippen LogP contribution is -2.48. The highest BCUT2D eigenvalue weighted by atomic mass is 16.6. The lowest BCUT2D eigenvalue weighted by molar-refractivity contribution is -0.138. The summed E-state index contributed by atoms with van der Waals surface area (Å²) in [5.74, 6) is -1.12. The Morgan fingerprint density at radius 3 is 1.93 bits per heavy atom. The van der Waals surface area contributed by atoms with E-state index >= 15 is 0 Å². The van der Waals surface area contributed by atoms with E-state index < -0.39 is 23.8 Å². The number of rotatable bonds is 6. The molecule has 150 valence electrons. The first-order valence-corrected chi connectivity index (χ1v) is 9.45. The summed E-state index contributed by atoms with van der Waals surface area (Å²) in [4.78, 5) is 40.2. The minimum absolute atomic E-state index is 0.139. The fourth-order valence-electron chi connectivity index (χ4n) is 3.49. The van der Waals surface area contributed by atoms with Gasteiger partial charge in [-0.15, -0.1) is 0 Å². The Hall–Kier alpha value is -3.93. The zero-order valence-electron chi connectivity index (χ0n) is 16.3. The molecule has 4 rings (SSSR count). The predicted octanol–water partition coefficient (Wildman–Crippen LogP) is 3.51. The molecule has 0 aromatic heterocycles. The monoisotopic (exact) mass is 401 g/mol. The minimum atomic E-state index is -1.12. The molecule has 3 aromatic carbocycles. The summed E-state index contributed by atoms with van der Waals surface area (Å²) < 4.78 is 10.8. The van der Waals surface area contributed by atoms with Crippen molar-refractivity contribution < 1.29 is 23.9 Å². The van der Waals surface area contributed by atoms with Gasteiger partial charge in [0, 0.05) is 6.42 Å². The molecule has 2 amide bonds. The normalized spacial score (nSPS) is 13.7. The average molecular weight is 401 g/mol. The molecule has 30 heavy (non-hydrogen) atoms. The van der Waals surface area contributed by atoms with Crippen LogP contribution in [0.25, 0.3) is 0 Å². The van der Waals surface area contributed by atoms with Crippen LogP contribution in [0.1, 0.15) is 26.3 Å². The maximum Gasteiger partial charge on any atom is 0.335 e. The van der Waals surface area contributed by atoms with Crippen molar-refractivity contribution in [2.75, 3.05) is 7.11 Å². The van der Waals surface area contributed by atoms with Crippen molar-refractivity contribution >= 4 is 17.8 Å². The molecule has 0 spiro atoms. The van der Waals surface area contributed by atoms with E-state index in [1.54, 1.807) is 48.5 Å². The number of carbonyl (C=O) groups excluding carboxylic acids is 3. The predicted molar refractivity (Wildman–Crippen MR) is 110 cm³/mol. The molecule has 1 atom stereocenters. The smallest absolute Gasteiger partial charge is 0.335 e. The van der Waals surface area contributed by atoms with Crippen LogP contribution in [0.15, 0.2) is 78.9 Å². The third kappa shape index (κ3) is 3.55. The molecule has 3 aromatic rings. The number of benzene rings is 3. The summed E-state index contributed by atoms with van der Waals surface area (Å²) in [6.07, 6.45) is 0.139. The second-order valence-electron chi connectivity index (χ2n) is 6.80. The van der Waals surface area contributed by atoms with E-state index in [9.17, 15) is 14.4 Å². The number of para-hydroxylation sites is 2. The highest BCUT2D eigenvalue weighted by molar-refractivity contribution is 6.22. The van der Waals surface area contributed by atoms with Crippen LogP contribution >= 0.6 is 0 Å². The minimum Gasteiger partial charge on any atom is -0.493 e. The molecule has 1 aliphatic rings. The third-order valence-electron chi connectivity index (χ3n) is 4.96. The molecule has 1 heterocycles. The van der Waals surface area contributed by atoms with E-state index in [4.69, 9.17) is 9.47 Å². The van der Waals surface area contributed by atoms with Crippen molar-refractivity contribution in [3.63, 3.8) is 0 Å². The van der Waals surface area contributed by atoms with Crippen molar-refractivity contribution in [2.45, 2.75) is 12.5 Å². The van der Waals surface area contributed by atoms with E-state index in [1.807, 2.05) is 30.3 Å². The Morgan fingerprint density at radius 1 is 0.800 bits per heavy atom. The zero-order chi connectivity index (χ0) is 21.1. The number of hydrogen-bond donors (Lipinski definition) is 0. The Morgan fingerprint density at radius 2 is 1.33 bits per heavy atom. The Bertz CT molecular complexity index is 1070. The molecule has 0 aliphatic carbocycles. The fraction of sp³-hybridized carbons (Fsp3) is 0.125. The van der Waals surface area contributed by atoms with Gasteiger partial charge in [-0.3, -0.25) is 14.5 Å². The molecule has 1 aliphatic heterocycles. The number of carbonyl (C=O) groups is 3. The lowest BCUT2D eigenvalue weighted by atomic mass is 10.0. The number of nitrogens with zero attached hydrogens (tertiary/aromatic N) is 1. The first-order chi connectivity index (χ1) is 14.6. The van der Waals surface area contributed by atoms with E-state index in [1.165, 1.54) is 7.11 Å². The van der Waals surface area contributed by atoms with Gasteiger partial charge in [0.2, 0.25) is 0 Å². The first kappa shape index (κ1) is 19.4. The Kier molecular flexibility index (Phi) is 5.30. The van der Waals surface area contributed by atoms with Crippen molar-refractivity contribution in [1.29, 1.82) is 0 Å². The van der Waals surface area contributed by atoms with Gasteiger partial charge in [-0.25, -0.2) is 4.79 Å². The number of ether oxygens (including phenoxy) is 2. The molecule has 6 heteroatoms. The number of esters is 1. The van der Waals surface area contributed by atoms with Crippen LogP contribution in [-0.2, 0) is 11.2 Å². The fourth-order valence-corrected chi connectivity index (χ4v) is 3.49. The van der Waals surface area contributed by atoms with Gasteiger partial charge in [-0.1, -0.05) is 54.6 Å². The van der Waals surface area contributed by atoms with Gasteiger partial charge in [-0.2, -0.15) is 0 Å². The number of hydrogen-bond acceptors (Lipinski definition) is 5. The van der Waals surface area contributed by atoms with Gasteiger partial charge in [-0.05, 0) is 29.8 Å². The highest BCUT2D eigenvalue weighted by Crippen LogP contribution is 2.29. The molecule has 0 fully saturated rings. The van der Waals surface area contributed by atoms with Gasteiger partial charge < -0.3 is 9.47 Å². The summed E-state index contributed by atoms with van der Waals surface area (Å²) in [5.41, 5.74) is 1.37. The van der Waals surface area contributed by atoms with E-state index in [0.717, 1.165) is 10.5 Å². The van der Waals surface area contributed by atoms with Gasteiger partial charge in [0.25, 0.3) is 11.8 Å². The van der Waals surface area contributed by atoms with Crippen molar-refractivity contribution in [2.24, 2.45) is 0 Å². The largest absolute Gasteiger partial charge is 0.493 e. The molecular formula is C24H19NO5. The number of amides is 2. The quantitative estimate of drug-likeness (QED) is 0.359. The molecule has 0 saturated carbocycles. The molecule has 0 bridgehead atoms. The van der Waals surface area contributed by atoms with E-state index in [0.29, 0.717) is 5.75 Å². The van der Waals surface area contributed by atoms with Gasteiger partial charge in [0.15, 0.2) is 11.5 Å². The highest BCUT2D eigenvalue weighted by Gasteiger charge is 2.43. The lowest BCUT2D eigenvalue weighted by Gasteiger charge is -2.25. The summed E-state index contributed by atoms with van der Waals surface area (Å²) in [6.45, 7) is 0. The van der Waals surface area contributed by atoms with Gasteiger partial charge in [0.05, 0.1) is 18.2 Å². The summed E-state index contributed by atoms with van der Waals surface area (Å²) in [6, 6.07) is 21.3. The van der Waals surface area contributed by atoms with Gasteiger partial charge >= 0.3 is 5.97 Å². The second-order valence-corrected chi connectivity index (χ2v) is 6.80. The van der Waals surface area contributed by atoms with Crippen LogP contribution in [0.4, 0.5) is 0 Å². The van der Waals surface area contributed by atoms with E-state index in [2.05, 4.69) is 0 Å². The third-order valence-corrected chi connectivity index (χ3v) is 4.96. The number of methoxy groups -OCH3 is 1. The molecule has 6 nitrogen and oxygen atoms in total. The van der Waals surface area contributed by atoms with Crippen molar-refractivity contribution in [3.05, 3.63) is 95.6 Å². The maximum atomic E-state index is 13.2. The van der Waals surface area contributed by atoms with Crippen LogP contribution in [-0.4, -0.2) is 35.8 Å².